The Balaban J connectivity index is 2.40. The van der Waals surface area contributed by atoms with Crippen LogP contribution in [-0.2, 0) is 0 Å². The van der Waals surface area contributed by atoms with E-state index in [1.165, 1.54) is 11.3 Å². The maximum absolute atomic E-state index is 11.7. The highest BCUT2D eigenvalue weighted by Crippen LogP contribution is 2.17. The molecule has 1 aromatic rings. The number of amides is 1. The summed E-state index contributed by atoms with van der Waals surface area (Å²) < 4.78 is 0. The minimum Gasteiger partial charge on any atom is -0.396 e. The number of nitrogens with zero attached hydrogens (tertiary/aromatic N) is 1. The molecule has 3 N–H and O–H groups in total. The fourth-order valence-corrected chi connectivity index (χ4v) is 2.09. The Labute approximate surface area is 105 Å². The maximum Gasteiger partial charge on any atom is 0.263 e. The second-order valence-corrected chi connectivity index (χ2v) is 4.92. The molecule has 1 rings (SSSR count). The monoisotopic (exact) mass is 257 g/mol. The lowest BCUT2D eigenvalue weighted by Crippen LogP contribution is -2.28. The molecule has 1 aromatic heterocycles. The Morgan fingerprint density at radius 2 is 2.41 bits per heavy atom. The van der Waals surface area contributed by atoms with E-state index < -0.39 is 0 Å². The molecule has 0 bridgehead atoms. The van der Waals surface area contributed by atoms with E-state index >= 15 is 0 Å². The molecule has 17 heavy (non-hydrogen) atoms. The zero-order valence-corrected chi connectivity index (χ0v) is 11.0. The molecule has 1 atom stereocenters. The molecule has 0 spiro atoms. The molecule has 0 saturated carbocycles. The predicted molar refractivity (Wildman–Crippen MR) is 69.5 cm³/mol. The van der Waals surface area contributed by atoms with Crippen molar-refractivity contribution in [2.75, 3.05) is 25.0 Å². The van der Waals surface area contributed by atoms with Gasteiger partial charge in [0.2, 0.25) is 0 Å². The number of hydrogen-bond donors (Lipinski definition) is 3. The first kappa shape index (κ1) is 13.9. The van der Waals surface area contributed by atoms with E-state index in [1.807, 2.05) is 13.8 Å². The van der Waals surface area contributed by atoms with Crippen molar-refractivity contribution in [2.45, 2.75) is 20.3 Å². The number of aliphatic hydroxyl groups is 1. The number of aromatic nitrogens is 1. The standard InChI is InChI=1S/C11H19N3O2S/c1-3-12-11-14-7-9(17-11)10(16)13-6-8(2)4-5-15/h7-8,15H,3-6H2,1-2H3,(H,12,14)(H,13,16). The summed E-state index contributed by atoms with van der Waals surface area (Å²) >= 11 is 1.35. The number of carbonyl (C=O) groups excluding carboxylic acids is 1. The van der Waals surface area contributed by atoms with Gasteiger partial charge in [0.05, 0.1) is 6.20 Å². The van der Waals surface area contributed by atoms with Gasteiger partial charge in [-0.15, -0.1) is 0 Å². The SMILES string of the molecule is CCNc1ncc(C(=O)NCC(C)CCO)s1. The number of carbonyl (C=O) groups is 1. The van der Waals surface area contributed by atoms with Crippen molar-refractivity contribution in [3.8, 4) is 0 Å². The molecule has 0 aliphatic rings. The van der Waals surface area contributed by atoms with Gasteiger partial charge >= 0.3 is 0 Å². The van der Waals surface area contributed by atoms with Crippen molar-refractivity contribution >= 4 is 22.4 Å². The van der Waals surface area contributed by atoms with Gasteiger partial charge in [0.1, 0.15) is 4.88 Å². The van der Waals surface area contributed by atoms with Gasteiger partial charge in [-0.25, -0.2) is 4.98 Å². The van der Waals surface area contributed by atoms with Crippen LogP contribution in [0.2, 0.25) is 0 Å². The Kier molecular flexibility index (Phi) is 5.93. The second kappa shape index (κ2) is 7.24. The van der Waals surface area contributed by atoms with E-state index in [-0.39, 0.29) is 18.4 Å². The normalized spacial score (nSPS) is 12.2. The lowest BCUT2D eigenvalue weighted by Gasteiger charge is -2.09. The maximum atomic E-state index is 11.7. The van der Waals surface area contributed by atoms with Crippen LogP contribution in [0.5, 0.6) is 0 Å². The number of rotatable bonds is 7. The molecule has 5 nitrogen and oxygen atoms in total. The average Bonchev–Trinajstić information content (AvgIpc) is 2.75. The summed E-state index contributed by atoms with van der Waals surface area (Å²) in [6.07, 6.45) is 2.28. The van der Waals surface area contributed by atoms with Crippen LogP contribution >= 0.6 is 11.3 Å². The number of aliphatic hydroxyl groups excluding tert-OH is 1. The molecule has 96 valence electrons. The van der Waals surface area contributed by atoms with E-state index in [4.69, 9.17) is 5.11 Å². The highest BCUT2D eigenvalue weighted by Gasteiger charge is 2.11. The van der Waals surface area contributed by atoms with E-state index in [2.05, 4.69) is 15.6 Å². The summed E-state index contributed by atoms with van der Waals surface area (Å²) in [4.78, 5) is 16.4. The van der Waals surface area contributed by atoms with E-state index in [0.717, 1.165) is 11.7 Å². The van der Waals surface area contributed by atoms with E-state index in [1.54, 1.807) is 6.20 Å². The van der Waals surface area contributed by atoms with E-state index in [0.29, 0.717) is 17.8 Å². The minimum absolute atomic E-state index is 0.101. The summed E-state index contributed by atoms with van der Waals surface area (Å²) in [6.45, 7) is 5.50. The lowest BCUT2D eigenvalue weighted by atomic mass is 10.1. The molecule has 0 radical (unpaired) electrons. The van der Waals surface area contributed by atoms with Crippen LogP contribution in [0.15, 0.2) is 6.20 Å². The number of anilines is 1. The van der Waals surface area contributed by atoms with Crippen LogP contribution < -0.4 is 10.6 Å². The summed E-state index contributed by atoms with van der Waals surface area (Å²) in [5.74, 6) is 0.182. The molecule has 0 saturated heterocycles. The zero-order valence-electron chi connectivity index (χ0n) is 10.2. The molecule has 1 unspecified atom stereocenters. The largest absolute Gasteiger partial charge is 0.396 e. The molecule has 0 fully saturated rings. The van der Waals surface area contributed by atoms with E-state index in [9.17, 15) is 4.79 Å². The molecule has 0 aliphatic heterocycles. The third-order valence-corrected chi connectivity index (χ3v) is 3.24. The van der Waals surface area contributed by atoms with Gasteiger partial charge in [-0.05, 0) is 19.3 Å². The molecule has 0 aromatic carbocycles. The Hall–Kier alpha value is -1.14. The van der Waals surface area contributed by atoms with Crippen LogP contribution in [-0.4, -0.2) is 35.7 Å². The summed E-state index contributed by atoms with van der Waals surface area (Å²) in [5, 5.41) is 15.4. The first-order valence-corrected chi connectivity index (χ1v) is 6.57. The van der Waals surface area contributed by atoms with Gasteiger partial charge in [0, 0.05) is 19.7 Å². The Bertz CT molecular complexity index is 354. The second-order valence-electron chi connectivity index (χ2n) is 3.89. The first-order valence-electron chi connectivity index (χ1n) is 5.76. The molecule has 0 aliphatic carbocycles. The van der Waals surface area contributed by atoms with Crippen molar-refractivity contribution < 1.29 is 9.90 Å². The first-order chi connectivity index (χ1) is 8.17. The highest BCUT2D eigenvalue weighted by molar-refractivity contribution is 7.17. The van der Waals surface area contributed by atoms with Gasteiger partial charge in [0.25, 0.3) is 5.91 Å². The third-order valence-electron chi connectivity index (χ3n) is 2.29. The van der Waals surface area contributed by atoms with Crippen LogP contribution in [0.25, 0.3) is 0 Å². The Morgan fingerprint density at radius 1 is 1.65 bits per heavy atom. The Morgan fingerprint density at radius 3 is 3.06 bits per heavy atom. The topological polar surface area (TPSA) is 74.2 Å². The van der Waals surface area contributed by atoms with Crippen LogP contribution in [0.3, 0.4) is 0 Å². The van der Waals surface area contributed by atoms with Gasteiger partial charge < -0.3 is 15.7 Å². The van der Waals surface area contributed by atoms with Crippen molar-refractivity contribution in [3.63, 3.8) is 0 Å². The molecule has 1 amide bonds. The van der Waals surface area contributed by atoms with Gasteiger partial charge in [-0.3, -0.25) is 4.79 Å². The van der Waals surface area contributed by atoms with Crippen molar-refractivity contribution in [1.29, 1.82) is 0 Å². The number of hydrogen-bond acceptors (Lipinski definition) is 5. The summed E-state index contributed by atoms with van der Waals surface area (Å²) in [5.41, 5.74) is 0. The fraction of sp³-hybridized carbons (Fsp3) is 0.636. The molecule has 1 heterocycles. The van der Waals surface area contributed by atoms with Gasteiger partial charge in [0.15, 0.2) is 5.13 Å². The summed E-state index contributed by atoms with van der Waals surface area (Å²) in [7, 11) is 0. The lowest BCUT2D eigenvalue weighted by molar-refractivity contribution is 0.0949. The molecular formula is C11H19N3O2S. The predicted octanol–water partition coefficient (Wildman–Crippen LogP) is 1.32. The third kappa shape index (κ3) is 4.70. The van der Waals surface area contributed by atoms with Crippen LogP contribution in [0.1, 0.15) is 29.9 Å². The smallest absolute Gasteiger partial charge is 0.263 e. The van der Waals surface area contributed by atoms with Crippen LogP contribution in [0, 0.1) is 5.92 Å². The molecule has 6 heteroatoms. The van der Waals surface area contributed by atoms with Gasteiger partial charge in [-0.2, -0.15) is 0 Å². The van der Waals surface area contributed by atoms with Gasteiger partial charge in [-0.1, -0.05) is 18.3 Å². The fourth-order valence-electron chi connectivity index (χ4n) is 1.29. The molecular weight excluding hydrogens is 238 g/mol. The summed E-state index contributed by atoms with van der Waals surface area (Å²) in [6, 6.07) is 0. The van der Waals surface area contributed by atoms with Crippen molar-refractivity contribution in [1.82, 2.24) is 10.3 Å². The van der Waals surface area contributed by atoms with Crippen molar-refractivity contribution in [2.24, 2.45) is 5.92 Å². The highest BCUT2D eigenvalue weighted by atomic mass is 32.1. The number of thiazole rings is 1. The average molecular weight is 257 g/mol. The van der Waals surface area contributed by atoms with Crippen molar-refractivity contribution in [3.05, 3.63) is 11.1 Å². The minimum atomic E-state index is -0.101. The quantitative estimate of drug-likeness (QED) is 0.689. The number of nitrogens with one attached hydrogen (secondary N) is 2. The van der Waals surface area contributed by atoms with Crippen LogP contribution in [0.4, 0.5) is 5.13 Å². The zero-order chi connectivity index (χ0) is 12.7.